The number of fused-ring (bicyclic) bond motifs is 1. The first kappa shape index (κ1) is 13.7. The van der Waals surface area contributed by atoms with Crippen LogP contribution < -0.4 is 10.2 Å². The van der Waals surface area contributed by atoms with Crippen LogP contribution in [0, 0.1) is 6.92 Å². The van der Waals surface area contributed by atoms with Crippen molar-refractivity contribution in [2.45, 2.75) is 19.9 Å². The van der Waals surface area contributed by atoms with Crippen LogP contribution in [0.4, 0.5) is 5.69 Å². The van der Waals surface area contributed by atoms with Crippen molar-refractivity contribution in [2.24, 2.45) is 0 Å². The summed E-state index contributed by atoms with van der Waals surface area (Å²) in [5.41, 5.74) is 4.92. The summed E-state index contributed by atoms with van der Waals surface area (Å²) in [7, 11) is 0. The molecule has 1 aliphatic heterocycles. The summed E-state index contributed by atoms with van der Waals surface area (Å²) < 4.78 is 0. The van der Waals surface area contributed by atoms with E-state index in [9.17, 15) is 4.79 Å². The van der Waals surface area contributed by atoms with Crippen molar-refractivity contribution >= 4 is 11.6 Å². The lowest BCUT2D eigenvalue weighted by Crippen LogP contribution is -2.36. The van der Waals surface area contributed by atoms with Gasteiger partial charge < -0.3 is 10.2 Å². The first-order valence-corrected chi connectivity index (χ1v) is 7.38. The van der Waals surface area contributed by atoms with Crippen LogP contribution >= 0.6 is 0 Å². The maximum absolute atomic E-state index is 12.1. The van der Waals surface area contributed by atoms with E-state index in [-0.39, 0.29) is 5.91 Å². The summed E-state index contributed by atoms with van der Waals surface area (Å²) in [4.78, 5) is 14.3. The van der Waals surface area contributed by atoms with Crippen molar-refractivity contribution in [3.8, 4) is 0 Å². The maximum Gasteiger partial charge on any atom is 0.239 e. The number of carbonyl (C=O) groups is 1. The second kappa shape index (κ2) is 6.00. The van der Waals surface area contributed by atoms with Gasteiger partial charge in [-0.15, -0.1) is 0 Å². The van der Waals surface area contributed by atoms with Crippen LogP contribution in [0.25, 0.3) is 0 Å². The molecule has 108 valence electrons. The molecule has 0 saturated heterocycles. The van der Waals surface area contributed by atoms with Gasteiger partial charge >= 0.3 is 0 Å². The minimum Gasteiger partial charge on any atom is -0.362 e. The second-order valence-electron chi connectivity index (χ2n) is 5.50. The Morgan fingerprint density at radius 3 is 2.76 bits per heavy atom. The molecule has 0 aromatic heterocycles. The van der Waals surface area contributed by atoms with Gasteiger partial charge in [0.05, 0.1) is 6.54 Å². The fourth-order valence-electron chi connectivity index (χ4n) is 2.80. The van der Waals surface area contributed by atoms with E-state index in [0.29, 0.717) is 13.1 Å². The molecule has 21 heavy (non-hydrogen) atoms. The van der Waals surface area contributed by atoms with Crippen molar-refractivity contribution < 1.29 is 4.79 Å². The highest BCUT2D eigenvalue weighted by Crippen LogP contribution is 2.26. The third kappa shape index (κ3) is 3.07. The normalized spacial score (nSPS) is 13.1. The van der Waals surface area contributed by atoms with E-state index < -0.39 is 0 Å². The van der Waals surface area contributed by atoms with E-state index in [1.165, 1.54) is 22.4 Å². The van der Waals surface area contributed by atoms with Crippen LogP contribution in [0.3, 0.4) is 0 Å². The van der Waals surface area contributed by atoms with E-state index in [1.807, 2.05) is 18.2 Å². The minimum absolute atomic E-state index is 0.0787. The average Bonchev–Trinajstić information content (AvgIpc) is 2.90. The lowest BCUT2D eigenvalue weighted by molar-refractivity contribution is -0.119. The molecule has 2 aromatic carbocycles. The zero-order valence-electron chi connectivity index (χ0n) is 12.3. The highest BCUT2D eigenvalue weighted by molar-refractivity contribution is 5.82. The monoisotopic (exact) mass is 280 g/mol. The van der Waals surface area contributed by atoms with Gasteiger partial charge in [0.25, 0.3) is 0 Å². The third-order valence-electron chi connectivity index (χ3n) is 4.06. The Morgan fingerprint density at radius 2 is 1.90 bits per heavy atom. The molecule has 0 atom stereocenters. The molecule has 1 heterocycles. The summed E-state index contributed by atoms with van der Waals surface area (Å²) in [5.74, 6) is 0.0787. The number of anilines is 1. The Morgan fingerprint density at radius 1 is 1.14 bits per heavy atom. The zero-order valence-corrected chi connectivity index (χ0v) is 12.3. The molecule has 0 aliphatic carbocycles. The standard InChI is InChI=1S/C18H20N2O/c1-14-6-2-3-8-16(14)12-19-18(21)13-20-11-10-15-7-4-5-9-17(15)20/h2-9H,10-13H2,1H3,(H,19,21). The number of benzene rings is 2. The van der Waals surface area contributed by atoms with E-state index in [4.69, 9.17) is 0 Å². The summed E-state index contributed by atoms with van der Waals surface area (Å²) >= 11 is 0. The van der Waals surface area contributed by atoms with Crippen molar-refractivity contribution in [3.63, 3.8) is 0 Å². The smallest absolute Gasteiger partial charge is 0.239 e. The SMILES string of the molecule is Cc1ccccc1CNC(=O)CN1CCc2ccccc21. The van der Waals surface area contributed by atoms with Crippen molar-refractivity contribution in [1.29, 1.82) is 0 Å². The van der Waals surface area contributed by atoms with Gasteiger partial charge in [0.1, 0.15) is 0 Å². The highest BCUT2D eigenvalue weighted by atomic mass is 16.2. The average molecular weight is 280 g/mol. The van der Waals surface area contributed by atoms with Gasteiger partial charge in [-0.05, 0) is 36.1 Å². The van der Waals surface area contributed by atoms with Crippen LogP contribution in [-0.2, 0) is 17.8 Å². The fourth-order valence-corrected chi connectivity index (χ4v) is 2.80. The van der Waals surface area contributed by atoms with Crippen LogP contribution in [0.5, 0.6) is 0 Å². The number of rotatable bonds is 4. The number of amides is 1. The highest BCUT2D eigenvalue weighted by Gasteiger charge is 2.20. The Kier molecular flexibility index (Phi) is 3.91. The molecule has 0 saturated carbocycles. The van der Waals surface area contributed by atoms with Gasteiger partial charge in [-0.25, -0.2) is 0 Å². The molecule has 0 bridgehead atoms. The lowest BCUT2D eigenvalue weighted by atomic mass is 10.1. The second-order valence-corrected chi connectivity index (χ2v) is 5.50. The molecule has 1 amide bonds. The molecule has 1 N–H and O–H groups in total. The van der Waals surface area contributed by atoms with E-state index in [0.717, 1.165) is 13.0 Å². The predicted octanol–water partition coefficient (Wildman–Crippen LogP) is 2.67. The summed E-state index contributed by atoms with van der Waals surface area (Å²) in [6, 6.07) is 16.5. The summed E-state index contributed by atoms with van der Waals surface area (Å²) in [6.45, 7) is 4.03. The van der Waals surface area contributed by atoms with Gasteiger partial charge in [0, 0.05) is 18.8 Å². The van der Waals surface area contributed by atoms with E-state index in [1.54, 1.807) is 0 Å². The molecule has 0 fully saturated rings. The van der Waals surface area contributed by atoms with Gasteiger partial charge in [-0.3, -0.25) is 4.79 Å². The van der Waals surface area contributed by atoms with Crippen molar-refractivity contribution in [3.05, 3.63) is 65.2 Å². The predicted molar refractivity (Wildman–Crippen MR) is 85.4 cm³/mol. The van der Waals surface area contributed by atoms with Gasteiger partial charge in [-0.2, -0.15) is 0 Å². The van der Waals surface area contributed by atoms with Crippen molar-refractivity contribution in [1.82, 2.24) is 5.32 Å². The third-order valence-corrected chi connectivity index (χ3v) is 4.06. The number of para-hydroxylation sites is 1. The van der Waals surface area contributed by atoms with Crippen molar-refractivity contribution in [2.75, 3.05) is 18.0 Å². The van der Waals surface area contributed by atoms with E-state index >= 15 is 0 Å². The molecule has 3 nitrogen and oxygen atoms in total. The Bertz CT molecular complexity index is 651. The Balaban J connectivity index is 1.57. The molecule has 2 aromatic rings. The van der Waals surface area contributed by atoms with E-state index in [2.05, 4.69) is 47.5 Å². The number of nitrogens with zero attached hydrogens (tertiary/aromatic N) is 1. The molecular weight excluding hydrogens is 260 g/mol. The molecule has 0 spiro atoms. The van der Waals surface area contributed by atoms with Gasteiger partial charge in [-0.1, -0.05) is 42.5 Å². The largest absolute Gasteiger partial charge is 0.362 e. The topological polar surface area (TPSA) is 32.3 Å². The molecule has 1 aliphatic rings. The number of carbonyl (C=O) groups excluding carboxylic acids is 1. The lowest BCUT2D eigenvalue weighted by Gasteiger charge is -2.19. The number of aryl methyl sites for hydroxylation is 1. The number of hydrogen-bond donors (Lipinski definition) is 1. The zero-order chi connectivity index (χ0) is 14.7. The summed E-state index contributed by atoms with van der Waals surface area (Å²) in [6.07, 6.45) is 1.03. The molecule has 0 unspecified atom stereocenters. The van der Waals surface area contributed by atoms with Gasteiger partial charge in [0.2, 0.25) is 5.91 Å². The van der Waals surface area contributed by atoms with Crippen LogP contribution in [-0.4, -0.2) is 19.0 Å². The Labute approximate surface area is 125 Å². The van der Waals surface area contributed by atoms with Gasteiger partial charge in [0.15, 0.2) is 0 Å². The molecular formula is C18H20N2O. The minimum atomic E-state index is 0.0787. The Hall–Kier alpha value is -2.29. The van der Waals surface area contributed by atoms with Crippen LogP contribution in [0.2, 0.25) is 0 Å². The molecule has 0 radical (unpaired) electrons. The molecule has 3 rings (SSSR count). The first-order chi connectivity index (χ1) is 10.2. The summed E-state index contributed by atoms with van der Waals surface area (Å²) in [5, 5.41) is 3.02. The number of nitrogens with one attached hydrogen (secondary N) is 1. The maximum atomic E-state index is 12.1. The van der Waals surface area contributed by atoms with Crippen LogP contribution in [0.1, 0.15) is 16.7 Å². The fraction of sp³-hybridized carbons (Fsp3) is 0.278. The first-order valence-electron chi connectivity index (χ1n) is 7.38. The van der Waals surface area contributed by atoms with Crippen LogP contribution in [0.15, 0.2) is 48.5 Å². The quantitative estimate of drug-likeness (QED) is 0.934. The number of hydrogen-bond acceptors (Lipinski definition) is 2. The molecule has 3 heteroatoms.